The molecule has 1 amide bonds. The van der Waals surface area contributed by atoms with Crippen molar-refractivity contribution in [2.75, 3.05) is 13.7 Å². The fourth-order valence-corrected chi connectivity index (χ4v) is 6.55. The molecule has 2 aromatic rings. The Hall–Kier alpha value is -2.48. The molecule has 41 heavy (non-hydrogen) atoms. The highest BCUT2D eigenvalue weighted by Gasteiger charge is 2.26. The number of unbranched alkanes of at least 4 members (excludes halogenated alkanes) is 9. The Morgan fingerprint density at radius 3 is 2.00 bits per heavy atom. The Bertz CT molecular complexity index is 1210. The molecule has 0 aromatic heterocycles. The molecule has 0 aliphatic heterocycles. The highest BCUT2D eigenvalue weighted by Crippen LogP contribution is 2.33. The van der Waals surface area contributed by atoms with E-state index in [2.05, 4.69) is 12.2 Å². The van der Waals surface area contributed by atoms with Crippen molar-refractivity contribution in [3.63, 3.8) is 0 Å². The number of hydrogen-bond acceptors (Lipinski definition) is 4. The molecule has 0 saturated heterocycles. The number of carbonyl (C=O) groups is 1. The van der Waals surface area contributed by atoms with Gasteiger partial charge in [-0.05, 0) is 73.4 Å². The van der Waals surface area contributed by atoms with Gasteiger partial charge in [-0.2, -0.15) is 8.42 Å². The van der Waals surface area contributed by atoms with Gasteiger partial charge in [0.2, 0.25) is 5.91 Å². The van der Waals surface area contributed by atoms with Crippen LogP contribution in [0.4, 0.5) is 0 Å². The lowest BCUT2D eigenvalue weighted by atomic mass is 9.87. The van der Waals surface area contributed by atoms with Crippen molar-refractivity contribution in [3.05, 3.63) is 69.8 Å². The van der Waals surface area contributed by atoms with E-state index >= 15 is 0 Å². The van der Waals surface area contributed by atoms with Crippen molar-refractivity contribution < 1.29 is 22.5 Å². The Morgan fingerprint density at radius 2 is 1.41 bits per heavy atom. The molecule has 2 aromatic carbocycles. The molecule has 0 atom stereocenters. The topological polar surface area (TPSA) is 92.7 Å². The number of rotatable bonds is 20. The third kappa shape index (κ3) is 12.1. The van der Waals surface area contributed by atoms with E-state index in [1.165, 1.54) is 64.6 Å². The van der Waals surface area contributed by atoms with Crippen LogP contribution in [0, 0.1) is 13.8 Å². The fourth-order valence-electron chi connectivity index (χ4n) is 5.52. The van der Waals surface area contributed by atoms with Crippen molar-refractivity contribution in [1.29, 1.82) is 0 Å². The maximum Gasteiger partial charge on any atom is 0.295 e. The number of ether oxygens (including phenoxy) is 1. The van der Waals surface area contributed by atoms with Crippen LogP contribution in [0.5, 0.6) is 0 Å². The highest BCUT2D eigenvalue weighted by molar-refractivity contribution is 7.86. The SMILES string of the molecule is CCCCCCCCCCCCc1c(C)c(C)c(S(=O)(=O)O)c(COC)c1CCCNC(=O)C=Cc1ccccc1. The van der Waals surface area contributed by atoms with Gasteiger partial charge in [-0.15, -0.1) is 0 Å². The predicted octanol–water partition coefficient (Wildman–Crippen LogP) is 7.92. The fraction of sp³-hybridized carbons (Fsp3) is 0.559. The van der Waals surface area contributed by atoms with Crippen LogP contribution in [-0.2, 0) is 39.1 Å². The largest absolute Gasteiger partial charge is 0.380 e. The zero-order chi connectivity index (χ0) is 30.1. The lowest BCUT2D eigenvalue weighted by Gasteiger charge is -2.23. The van der Waals surface area contributed by atoms with Crippen molar-refractivity contribution in [3.8, 4) is 0 Å². The molecule has 0 saturated carbocycles. The summed E-state index contributed by atoms with van der Waals surface area (Å²) in [6, 6.07) is 9.65. The molecule has 7 heteroatoms. The minimum Gasteiger partial charge on any atom is -0.380 e. The van der Waals surface area contributed by atoms with E-state index in [9.17, 15) is 17.8 Å². The summed E-state index contributed by atoms with van der Waals surface area (Å²) in [6.07, 6.45) is 17.9. The first-order valence-electron chi connectivity index (χ1n) is 15.3. The van der Waals surface area contributed by atoms with Crippen molar-refractivity contribution >= 4 is 22.1 Å². The van der Waals surface area contributed by atoms with Crippen LogP contribution in [0.15, 0.2) is 41.3 Å². The summed E-state index contributed by atoms with van der Waals surface area (Å²) >= 11 is 0. The number of amides is 1. The van der Waals surface area contributed by atoms with Gasteiger partial charge in [0.25, 0.3) is 10.1 Å². The van der Waals surface area contributed by atoms with Crippen LogP contribution in [0.3, 0.4) is 0 Å². The smallest absolute Gasteiger partial charge is 0.295 e. The summed E-state index contributed by atoms with van der Waals surface area (Å²) in [5.74, 6) is -0.171. The molecule has 0 unspecified atom stereocenters. The van der Waals surface area contributed by atoms with Gasteiger partial charge in [0, 0.05) is 25.3 Å². The summed E-state index contributed by atoms with van der Waals surface area (Å²) in [4.78, 5) is 12.3. The van der Waals surface area contributed by atoms with E-state index in [1.54, 1.807) is 13.0 Å². The average molecular weight is 586 g/mol. The molecule has 2 rings (SSSR count). The summed E-state index contributed by atoms with van der Waals surface area (Å²) < 4.78 is 40.5. The normalized spacial score (nSPS) is 11.8. The molecule has 0 aliphatic carbocycles. The maximum absolute atomic E-state index is 12.5. The second kappa shape index (κ2) is 18.9. The molecule has 0 spiro atoms. The van der Waals surface area contributed by atoms with Crippen molar-refractivity contribution in [2.24, 2.45) is 0 Å². The number of methoxy groups -OCH3 is 1. The second-order valence-corrected chi connectivity index (χ2v) is 12.4. The third-order valence-corrected chi connectivity index (χ3v) is 8.88. The number of hydrogen-bond donors (Lipinski definition) is 2. The van der Waals surface area contributed by atoms with Gasteiger partial charge in [0.05, 0.1) is 6.61 Å². The molecular formula is C34H51NO5S. The quantitative estimate of drug-likeness (QED) is 0.0935. The predicted molar refractivity (Wildman–Crippen MR) is 169 cm³/mol. The van der Waals surface area contributed by atoms with Crippen molar-refractivity contribution in [1.82, 2.24) is 5.32 Å². The monoisotopic (exact) mass is 585 g/mol. The first-order valence-corrected chi connectivity index (χ1v) is 16.8. The summed E-state index contributed by atoms with van der Waals surface area (Å²) in [5.41, 5.74) is 5.07. The Morgan fingerprint density at radius 1 is 0.829 bits per heavy atom. The molecule has 0 heterocycles. The summed E-state index contributed by atoms with van der Waals surface area (Å²) in [5, 5.41) is 2.93. The lowest BCUT2D eigenvalue weighted by Crippen LogP contribution is -2.23. The Kier molecular flexibility index (Phi) is 16.0. The van der Waals surface area contributed by atoms with Gasteiger partial charge in [-0.25, -0.2) is 0 Å². The van der Waals surface area contributed by atoms with Crippen LogP contribution in [-0.4, -0.2) is 32.5 Å². The molecule has 0 aliphatic rings. The van der Waals surface area contributed by atoms with Gasteiger partial charge in [0.15, 0.2) is 0 Å². The zero-order valence-electron chi connectivity index (χ0n) is 25.6. The minimum atomic E-state index is -4.43. The van der Waals surface area contributed by atoms with E-state index in [1.807, 2.05) is 37.3 Å². The van der Waals surface area contributed by atoms with Gasteiger partial charge >= 0.3 is 0 Å². The van der Waals surface area contributed by atoms with E-state index < -0.39 is 10.1 Å². The molecule has 2 N–H and O–H groups in total. The Labute approximate surface area is 248 Å². The van der Waals surface area contributed by atoms with Crippen molar-refractivity contribution in [2.45, 2.75) is 116 Å². The number of nitrogens with one attached hydrogen (secondary N) is 1. The molecule has 0 bridgehead atoms. The molecule has 228 valence electrons. The van der Waals surface area contributed by atoms with Gasteiger partial charge in [-0.1, -0.05) is 95.0 Å². The lowest BCUT2D eigenvalue weighted by molar-refractivity contribution is -0.116. The van der Waals surface area contributed by atoms with Gasteiger partial charge < -0.3 is 10.1 Å². The molecular weight excluding hydrogens is 534 g/mol. The Balaban J connectivity index is 2.09. The van der Waals surface area contributed by atoms with Gasteiger partial charge in [-0.3, -0.25) is 9.35 Å². The third-order valence-electron chi connectivity index (χ3n) is 7.81. The first kappa shape index (κ1) is 34.7. The maximum atomic E-state index is 12.5. The molecule has 0 fully saturated rings. The standard InChI is InChI=1S/C34H51NO5S/c1-5-6-7-8-9-10-11-12-13-17-21-30-27(2)28(3)34(41(37,38)39)32(26-40-4)31(30)22-18-25-35-33(36)24-23-29-19-15-14-16-20-29/h14-16,19-20,23-24H,5-13,17-18,21-22,25-26H2,1-4H3,(H,35,36)(H,37,38,39). The minimum absolute atomic E-state index is 0.0338. The van der Waals surface area contributed by atoms with Crippen LogP contribution in [0.25, 0.3) is 6.08 Å². The summed E-state index contributed by atoms with van der Waals surface area (Å²) in [6.45, 7) is 6.51. The van der Waals surface area contributed by atoms with Crippen LogP contribution in [0.2, 0.25) is 0 Å². The van der Waals surface area contributed by atoms with Crippen LogP contribution >= 0.6 is 0 Å². The van der Waals surface area contributed by atoms with E-state index in [0.717, 1.165) is 41.5 Å². The van der Waals surface area contributed by atoms with Crippen LogP contribution < -0.4 is 5.32 Å². The highest BCUT2D eigenvalue weighted by atomic mass is 32.2. The summed E-state index contributed by atoms with van der Waals surface area (Å²) in [7, 11) is -2.89. The van der Waals surface area contributed by atoms with E-state index in [-0.39, 0.29) is 17.4 Å². The molecule has 0 radical (unpaired) electrons. The average Bonchev–Trinajstić information content (AvgIpc) is 2.94. The second-order valence-electron chi connectivity index (χ2n) is 11.0. The van der Waals surface area contributed by atoms with E-state index in [0.29, 0.717) is 30.5 Å². The number of benzene rings is 2. The first-order chi connectivity index (χ1) is 19.7. The van der Waals surface area contributed by atoms with Crippen LogP contribution in [0.1, 0.15) is 111 Å². The van der Waals surface area contributed by atoms with Gasteiger partial charge in [0.1, 0.15) is 4.90 Å². The van der Waals surface area contributed by atoms with E-state index in [4.69, 9.17) is 4.74 Å². The zero-order valence-corrected chi connectivity index (χ0v) is 26.5. The molecule has 6 nitrogen and oxygen atoms in total. The number of carbonyl (C=O) groups excluding carboxylic acids is 1.